The van der Waals surface area contributed by atoms with E-state index in [0.29, 0.717) is 25.2 Å². The summed E-state index contributed by atoms with van der Waals surface area (Å²) in [5.74, 6) is -0.174. The van der Waals surface area contributed by atoms with Crippen LogP contribution in [0.5, 0.6) is 0 Å². The van der Waals surface area contributed by atoms with Gasteiger partial charge in [-0.15, -0.1) is 0 Å². The summed E-state index contributed by atoms with van der Waals surface area (Å²) >= 11 is 0. The zero-order valence-electron chi connectivity index (χ0n) is 16.4. The Labute approximate surface area is 160 Å². The quantitative estimate of drug-likeness (QED) is 0.863. The Kier molecular flexibility index (Phi) is 5.69. The van der Waals surface area contributed by atoms with Gasteiger partial charge >= 0.3 is 6.03 Å². The molecule has 148 valence electrons. The average Bonchev–Trinajstić information content (AvgIpc) is 2.80. The standard InChI is InChI=1S/C20H29FN4O2/c1-4-24-10-9-20(8-7-18(24)26)14-25(12-11-23(20)3)19(27)22-17-13-16(21)6-5-15(17)2/h5-6,13H,4,7-12,14H2,1-3H3,(H,22,27)/t20-/m1/s1. The molecular weight excluding hydrogens is 347 g/mol. The van der Waals surface area contributed by atoms with Gasteiger partial charge in [0.2, 0.25) is 5.91 Å². The Morgan fingerprint density at radius 2 is 2.04 bits per heavy atom. The zero-order chi connectivity index (χ0) is 19.6. The predicted molar refractivity (Wildman–Crippen MR) is 103 cm³/mol. The summed E-state index contributed by atoms with van der Waals surface area (Å²) in [5.41, 5.74) is 1.14. The van der Waals surface area contributed by atoms with Gasteiger partial charge in [-0.3, -0.25) is 9.69 Å². The molecule has 1 spiro atoms. The first-order valence-corrected chi connectivity index (χ1v) is 9.66. The van der Waals surface area contributed by atoms with E-state index in [-0.39, 0.29) is 23.3 Å². The van der Waals surface area contributed by atoms with Crippen molar-refractivity contribution in [1.29, 1.82) is 0 Å². The van der Waals surface area contributed by atoms with Crippen molar-refractivity contribution in [2.24, 2.45) is 0 Å². The fourth-order valence-electron chi connectivity index (χ4n) is 4.12. The molecule has 0 saturated carbocycles. The molecule has 0 unspecified atom stereocenters. The van der Waals surface area contributed by atoms with Crippen LogP contribution in [0.3, 0.4) is 0 Å². The van der Waals surface area contributed by atoms with E-state index in [1.54, 1.807) is 11.0 Å². The van der Waals surface area contributed by atoms with Gasteiger partial charge in [0, 0.05) is 50.4 Å². The SMILES string of the molecule is CCN1CC[C@]2(CCC1=O)CN(C(=O)Nc1cc(F)ccc1C)CCN2C. The maximum absolute atomic E-state index is 13.5. The summed E-state index contributed by atoms with van der Waals surface area (Å²) in [4.78, 5) is 31.1. The fourth-order valence-corrected chi connectivity index (χ4v) is 4.12. The first kappa shape index (κ1) is 19.6. The van der Waals surface area contributed by atoms with Gasteiger partial charge < -0.3 is 15.1 Å². The van der Waals surface area contributed by atoms with Gasteiger partial charge in [-0.2, -0.15) is 0 Å². The first-order chi connectivity index (χ1) is 12.8. The van der Waals surface area contributed by atoms with Crippen LogP contribution in [0, 0.1) is 12.7 Å². The molecule has 1 atom stereocenters. The number of rotatable bonds is 2. The van der Waals surface area contributed by atoms with Gasteiger partial charge in [0.05, 0.1) is 0 Å². The number of urea groups is 1. The number of carbonyl (C=O) groups is 2. The van der Waals surface area contributed by atoms with Crippen molar-refractivity contribution in [3.8, 4) is 0 Å². The lowest BCUT2D eigenvalue weighted by atomic mass is 9.86. The highest BCUT2D eigenvalue weighted by atomic mass is 19.1. The Bertz CT molecular complexity index is 726. The number of nitrogens with one attached hydrogen (secondary N) is 1. The molecule has 2 heterocycles. The molecule has 2 saturated heterocycles. The van der Waals surface area contributed by atoms with Crippen LogP contribution in [0.25, 0.3) is 0 Å². The monoisotopic (exact) mass is 376 g/mol. The number of likely N-dealkylation sites (tertiary alicyclic amines) is 1. The molecule has 7 heteroatoms. The fraction of sp³-hybridized carbons (Fsp3) is 0.600. The van der Waals surface area contributed by atoms with Gasteiger partial charge in [0.25, 0.3) is 0 Å². The molecule has 0 aromatic heterocycles. The summed E-state index contributed by atoms with van der Waals surface area (Å²) in [5, 5.41) is 2.85. The molecule has 1 aromatic rings. The van der Waals surface area contributed by atoms with Crippen LogP contribution in [0.15, 0.2) is 18.2 Å². The van der Waals surface area contributed by atoms with Crippen LogP contribution in [0.4, 0.5) is 14.9 Å². The molecule has 0 bridgehead atoms. The van der Waals surface area contributed by atoms with Gasteiger partial charge in [0.15, 0.2) is 0 Å². The molecule has 3 rings (SSSR count). The minimum absolute atomic E-state index is 0.188. The lowest BCUT2D eigenvalue weighted by molar-refractivity contribution is -0.130. The van der Waals surface area contributed by atoms with Gasteiger partial charge in [-0.25, -0.2) is 9.18 Å². The smallest absolute Gasteiger partial charge is 0.321 e. The molecule has 2 fully saturated rings. The van der Waals surface area contributed by atoms with E-state index in [0.717, 1.165) is 38.0 Å². The highest BCUT2D eigenvalue weighted by Gasteiger charge is 2.43. The van der Waals surface area contributed by atoms with Gasteiger partial charge in [-0.1, -0.05) is 6.07 Å². The van der Waals surface area contributed by atoms with Crippen molar-refractivity contribution in [3.63, 3.8) is 0 Å². The van der Waals surface area contributed by atoms with Crippen molar-refractivity contribution in [1.82, 2.24) is 14.7 Å². The molecular formula is C20H29FN4O2. The number of anilines is 1. The summed E-state index contributed by atoms with van der Waals surface area (Å²) < 4.78 is 13.5. The summed E-state index contributed by atoms with van der Waals surface area (Å²) in [7, 11) is 2.08. The number of halogens is 1. The van der Waals surface area contributed by atoms with Gasteiger partial charge in [-0.05, 0) is 51.4 Å². The molecule has 2 aliphatic heterocycles. The second-order valence-electron chi connectivity index (χ2n) is 7.68. The number of amides is 3. The number of likely N-dealkylation sites (N-methyl/N-ethyl adjacent to an activating group) is 1. The maximum Gasteiger partial charge on any atom is 0.321 e. The second kappa shape index (κ2) is 7.84. The first-order valence-electron chi connectivity index (χ1n) is 9.66. The summed E-state index contributed by atoms with van der Waals surface area (Å²) in [6.45, 7) is 7.24. The molecule has 1 aromatic carbocycles. The largest absolute Gasteiger partial charge is 0.343 e. The third-order valence-corrected chi connectivity index (χ3v) is 6.11. The van der Waals surface area contributed by atoms with Gasteiger partial charge in [0.1, 0.15) is 5.82 Å². The van der Waals surface area contributed by atoms with E-state index < -0.39 is 0 Å². The molecule has 2 aliphatic rings. The zero-order valence-corrected chi connectivity index (χ0v) is 16.4. The topological polar surface area (TPSA) is 55.9 Å². The van der Waals surface area contributed by atoms with E-state index in [1.165, 1.54) is 12.1 Å². The molecule has 1 N–H and O–H groups in total. The van der Waals surface area contributed by atoms with E-state index >= 15 is 0 Å². The molecule has 6 nitrogen and oxygen atoms in total. The molecule has 0 aliphatic carbocycles. The maximum atomic E-state index is 13.5. The molecule has 27 heavy (non-hydrogen) atoms. The Morgan fingerprint density at radius 1 is 1.26 bits per heavy atom. The van der Waals surface area contributed by atoms with E-state index in [9.17, 15) is 14.0 Å². The number of aryl methyl sites for hydroxylation is 1. The van der Waals surface area contributed by atoms with E-state index in [4.69, 9.17) is 0 Å². The number of benzene rings is 1. The Morgan fingerprint density at radius 3 is 2.78 bits per heavy atom. The third-order valence-electron chi connectivity index (χ3n) is 6.11. The van der Waals surface area contributed by atoms with Crippen molar-refractivity contribution in [3.05, 3.63) is 29.6 Å². The highest BCUT2D eigenvalue weighted by Crippen LogP contribution is 2.32. The third kappa shape index (κ3) is 4.08. The number of carbonyl (C=O) groups excluding carboxylic acids is 2. The second-order valence-corrected chi connectivity index (χ2v) is 7.68. The Hall–Kier alpha value is -2.15. The summed E-state index contributed by atoms with van der Waals surface area (Å²) in [6.07, 6.45) is 2.12. The number of hydrogen-bond acceptors (Lipinski definition) is 3. The predicted octanol–water partition coefficient (Wildman–Crippen LogP) is 2.68. The normalized spacial score (nSPS) is 24.2. The summed E-state index contributed by atoms with van der Waals surface area (Å²) in [6, 6.07) is 4.19. The average molecular weight is 376 g/mol. The van der Waals surface area contributed by atoms with Crippen LogP contribution >= 0.6 is 0 Å². The molecule has 3 amide bonds. The minimum Gasteiger partial charge on any atom is -0.343 e. The van der Waals surface area contributed by atoms with Crippen molar-refractivity contribution in [2.45, 2.75) is 38.6 Å². The van der Waals surface area contributed by atoms with Crippen molar-refractivity contribution >= 4 is 17.6 Å². The van der Waals surface area contributed by atoms with Crippen molar-refractivity contribution in [2.75, 3.05) is 45.1 Å². The lowest BCUT2D eigenvalue weighted by Crippen LogP contribution is -2.62. The number of hydrogen-bond donors (Lipinski definition) is 1. The molecule has 0 radical (unpaired) electrons. The van der Waals surface area contributed by atoms with Crippen LogP contribution in [-0.4, -0.2) is 71.9 Å². The van der Waals surface area contributed by atoms with Crippen molar-refractivity contribution < 1.29 is 14.0 Å². The van der Waals surface area contributed by atoms with Crippen LogP contribution in [0.1, 0.15) is 31.7 Å². The van der Waals surface area contributed by atoms with E-state index in [1.807, 2.05) is 18.7 Å². The Balaban J connectivity index is 1.73. The lowest BCUT2D eigenvalue weighted by Gasteiger charge is -2.49. The van der Waals surface area contributed by atoms with E-state index in [2.05, 4.69) is 17.3 Å². The van der Waals surface area contributed by atoms with Crippen LogP contribution < -0.4 is 5.32 Å². The van der Waals surface area contributed by atoms with Crippen LogP contribution in [0.2, 0.25) is 0 Å². The highest BCUT2D eigenvalue weighted by molar-refractivity contribution is 5.90. The number of piperazine rings is 1. The minimum atomic E-state index is -0.368. The number of nitrogens with zero attached hydrogens (tertiary/aromatic N) is 3. The van der Waals surface area contributed by atoms with Crippen LogP contribution in [-0.2, 0) is 4.79 Å².